The van der Waals surface area contributed by atoms with Crippen LogP contribution in [0, 0.1) is 13.8 Å². The van der Waals surface area contributed by atoms with Gasteiger partial charge in [-0.05, 0) is 32.3 Å². The number of carbonyl (C=O) groups excluding carboxylic acids is 2. The highest BCUT2D eigenvalue weighted by Gasteiger charge is 2.20. The molecule has 4 aromatic rings. The Morgan fingerprint density at radius 3 is 2.30 bits per heavy atom. The predicted octanol–water partition coefficient (Wildman–Crippen LogP) is 4.72. The Morgan fingerprint density at radius 2 is 1.59 bits per heavy atom. The number of hydrogen-bond acceptors (Lipinski definition) is 4. The second kappa shape index (κ2) is 10.8. The fourth-order valence-electron chi connectivity index (χ4n) is 4.68. The summed E-state index contributed by atoms with van der Waals surface area (Å²) in [6.07, 6.45) is 9.41. The number of nitrogens with zero attached hydrogens (tertiary/aromatic N) is 4. The average molecular weight is 497 g/mol. The normalized spacial score (nSPS) is 13.6. The Hall–Kier alpha value is -4.20. The van der Waals surface area contributed by atoms with Gasteiger partial charge in [-0.1, -0.05) is 72.5 Å². The molecule has 0 bridgehead atoms. The number of nitrogens with one attached hydrogen (secondary N) is 2. The number of aromatic nitrogens is 4. The number of anilines is 1. The van der Waals surface area contributed by atoms with E-state index in [0.29, 0.717) is 23.5 Å². The van der Waals surface area contributed by atoms with E-state index in [4.69, 9.17) is 5.10 Å². The van der Waals surface area contributed by atoms with Crippen LogP contribution in [-0.4, -0.2) is 37.4 Å². The standard InChI is InChI=1S/C29H32N6O2/c1-20-7-11-22(12-8-20)16-35-18-26(28(33-35)23-13-9-21(2)10-14-23)29(37)32-25-15-30-34(17-25)19-27(36)31-24-5-3-4-6-24/h7-15,17-18,24H,3-6,16,19H2,1-2H3,(H,31,36)(H,32,37). The van der Waals surface area contributed by atoms with Crippen LogP contribution in [0.15, 0.2) is 67.1 Å². The molecule has 1 fully saturated rings. The fraction of sp³-hybridized carbons (Fsp3) is 0.310. The second-order valence-electron chi connectivity index (χ2n) is 9.87. The Kier molecular flexibility index (Phi) is 7.16. The summed E-state index contributed by atoms with van der Waals surface area (Å²) in [6.45, 7) is 4.76. The van der Waals surface area contributed by atoms with Crippen molar-refractivity contribution in [3.05, 3.63) is 89.4 Å². The molecule has 2 aromatic heterocycles. The second-order valence-corrected chi connectivity index (χ2v) is 9.87. The smallest absolute Gasteiger partial charge is 0.259 e. The number of benzene rings is 2. The van der Waals surface area contributed by atoms with Gasteiger partial charge in [0.1, 0.15) is 12.2 Å². The molecule has 1 aliphatic carbocycles. The zero-order valence-corrected chi connectivity index (χ0v) is 21.3. The molecule has 8 heteroatoms. The minimum Gasteiger partial charge on any atom is -0.352 e. The first kappa shape index (κ1) is 24.5. The van der Waals surface area contributed by atoms with Crippen molar-refractivity contribution in [3.8, 4) is 11.3 Å². The number of hydrogen-bond donors (Lipinski definition) is 2. The van der Waals surface area contributed by atoms with Crippen molar-refractivity contribution in [3.63, 3.8) is 0 Å². The molecule has 190 valence electrons. The van der Waals surface area contributed by atoms with Crippen molar-refractivity contribution in [2.45, 2.75) is 58.7 Å². The van der Waals surface area contributed by atoms with E-state index in [9.17, 15) is 9.59 Å². The van der Waals surface area contributed by atoms with E-state index >= 15 is 0 Å². The van der Waals surface area contributed by atoms with Crippen molar-refractivity contribution in [2.24, 2.45) is 0 Å². The first-order valence-corrected chi connectivity index (χ1v) is 12.8. The largest absolute Gasteiger partial charge is 0.352 e. The van der Waals surface area contributed by atoms with Crippen LogP contribution < -0.4 is 10.6 Å². The van der Waals surface area contributed by atoms with Crippen LogP contribution in [0.1, 0.15) is 52.7 Å². The molecule has 0 spiro atoms. The Morgan fingerprint density at radius 1 is 0.919 bits per heavy atom. The van der Waals surface area contributed by atoms with Crippen LogP contribution in [0.3, 0.4) is 0 Å². The number of carbonyl (C=O) groups is 2. The minimum absolute atomic E-state index is 0.0630. The third kappa shape index (κ3) is 6.14. The molecule has 0 saturated heterocycles. The summed E-state index contributed by atoms with van der Waals surface area (Å²) in [7, 11) is 0. The zero-order valence-electron chi connectivity index (χ0n) is 21.3. The van der Waals surface area contributed by atoms with Crippen molar-refractivity contribution in [1.29, 1.82) is 0 Å². The van der Waals surface area contributed by atoms with E-state index in [1.807, 2.05) is 31.2 Å². The van der Waals surface area contributed by atoms with E-state index in [1.54, 1.807) is 28.0 Å². The molecule has 2 aromatic carbocycles. The van der Waals surface area contributed by atoms with Crippen LogP contribution in [-0.2, 0) is 17.9 Å². The summed E-state index contributed by atoms with van der Waals surface area (Å²) in [4.78, 5) is 25.7. The average Bonchev–Trinajstić information content (AvgIpc) is 3.63. The topological polar surface area (TPSA) is 93.8 Å². The molecule has 0 radical (unpaired) electrons. The maximum atomic E-state index is 13.4. The van der Waals surface area contributed by atoms with E-state index in [1.165, 1.54) is 5.56 Å². The molecule has 1 aliphatic rings. The highest BCUT2D eigenvalue weighted by atomic mass is 16.2. The summed E-state index contributed by atoms with van der Waals surface area (Å²) < 4.78 is 3.34. The summed E-state index contributed by atoms with van der Waals surface area (Å²) >= 11 is 0. The van der Waals surface area contributed by atoms with Crippen LogP contribution in [0.5, 0.6) is 0 Å². The first-order valence-electron chi connectivity index (χ1n) is 12.8. The molecule has 37 heavy (non-hydrogen) atoms. The maximum Gasteiger partial charge on any atom is 0.259 e. The van der Waals surface area contributed by atoms with Gasteiger partial charge in [0.25, 0.3) is 5.91 Å². The molecule has 8 nitrogen and oxygen atoms in total. The lowest BCUT2D eigenvalue weighted by molar-refractivity contribution is -0.122. The summed E-state index contributed by atoms with van der Waals surface area (Å²) in [5, 5.41) is 15.0. The van der Waals surface area contributed by atoms with Crippen LogP contribution in [0.25, 0.3) is 11.3 Å². The molecule has 0 aliphatic heterocycles. The SMILES string of the molecule is Cc1ccc(Cn2cc(C(=O)Nc3cnn(CC(=O)NC4CCCC4)c3)c(-c3ccc(C)cc3)n2)cc1. The van der Waals surface area contributed by atoms with Gasteiger partial charge in [-0.2, -0.15) is 10.2 Å². The quantitative estimate of drug-likeness (QED) is 0.369. The van der Waals surface area contributed by atoms with Crippen molar-refractivity contribution in [2.75, 3.05) is 5.32 Å². The van der Waals surface area contributed by atoms with Gasteiger partial charge < -0.3 is 10.6 Å². The summed E-state index contributed by atoms with van der Waals surface area (Å²) in [5.74, 6) is -0.340. The molecule has 2 N–H and O–H groups in total. The zero-order chi connectivity index (χ0) is 25.8. The summed E-state index contributed by atoms with van der Waals surface area (Å²) in [6, 6.07) is 16.5. The minimum atomic E-state index is -0.277. The lowest BCUT2D eigenvalue weighted by Gasteiger charge is -2.11. The van der Waals surface area contributed by atoms with E-state index in [-0.39, 0.29) is 24.4 Å². The molecule has 1 saturated carbocycles. The van der Waals surface area contributed by atoms with E-state index in [0.717, 1.165) is 42.4 Å². The Labute approximate surface area is 216 Å². The lowest BCUT2D eigenvalue weighted by atomic mass is 10.1. The monoisotopic (exact) mass is 496 g/mol. The fourth-order valence-corrected chi connectivity index (χ4v) is 4.68. The van der Waals surface area contributed by atoms with Crippen LogP contribution in [0.2, 0.25) is 0 Å². The molecule has 5 rings (SSSR count). The van der Waals surface area contributed by atoms with Gasteiger partial charge in [-0.25, -0.2) is 0 Å². The lowest BCUT2D eigenvalue weighted by Crippen LogP contribution is -2.35. The highest BCUT2D eigenvalue weighted by Crippen LogP contribution is 2.24. The van der Waals surface area contributed by atoms with Gasteiger partial charge in [0, 0.05) is 24.0 Å². The third-order valence-electron chi connectivity index (χ3n) is 6.71. The highest BCUT2D eigenvalue weighted by molar-refractivity contribution is 6.08. The van der Waals surface area contributed by atoms with Crippen molar-refractivity contribution in [1.82, 2.24) is 24.9 Å². The third-order valence-corrected chi connectivity index (χ3v) is 6.71. The summed E-state index contributed by atoms with van der Waals surface area (Å²) in [5.41, 5.74) is 5.93. The Balaban J connectivity index is 1.32. The number of rotatable bonds is 8. The van der Waals surface area contributed by atoms with Gasteiger partial charge in [-0.3, -0.25) is 19.0 Å². The van der Waals surface area contributed by atoms with Crippen molar-refractivity contribution >= 4 is 17.5 Å². The van der Waals surface area contributed by atoms with Gasteiger partial charge >= 0.3 is 0 Å². The molecular weight excluding hydrogens is 464 g/mol. The first-order chi connectivity index (χ1) is 17.9. The van der Waals surface area contributed by atoms with Gasteiger partial charge in [0.05, 0.1) is 24.0 Å². The molecular formula is C29H32N6O2. The van der Waals surface area contributed by atoms with Gasteiger partial charge in [0.2, 0.25) is 5.91 Å². The number of aryl methyl sites for hydroxylation is 2. The van der Waals surface area contributed by atoms with E-state index in [2.05, 4.69) is 46.9 Å². The van der Waals surface area contributed by atoms with Gasteiger partial charge in [0.15, 0.2) is 0 Å². The van der Waals surface area contributed by atoms with Crippen molar-refractivity contribution < 1.29 is 9.59 Å². The van der Waals surface area contributed by atoms with Crippen LogP contribution in [0.4, 0.5) is 5.69 Å². The molecule has 2 amide bonds. The molecule has 2 heterocycles. The number of amides is 2. The predicted molar refractivity (Wildman–Crippen MR) is 143 cm³/mol. The van der Waals surface area contributed by atoms with E-state index < -0.39 is 0 Å². The molecule has 0 unspecified atom stereocenters. The van der Waals surface area contributed by atoms with Gasteiger partial charge in [-0.15, -0.1) is 0 Å². The Bertz CT molecular complexity index is 1380. The van der Waals surface area contributed by atoms with Crippen LogP contribution >= 0.6 is 0 Å². The maximum absolute atomic E-state index is 13.4. The molecule has 0 atom stereocenters.